The van der Waals surface area contributed by atoms with Crippen molar-refractivity contribution in [2.24, 2.45) is 5.92 Å². The predicted octanol–water partition coefficient (Wildman–Crippen LogP) is 2.87. The molecular formula is C18H25ClN4O2S. The van der Waals surface area contributed by atoms with Gasteiger partial charge in [-0.15, -0.1) is 0 Å². The van der Waals surface area contributed by atoms with Gasteiger partial charge in [-0.2, -0.15) is 0 Å². The van der Waals surface area contributed by atoms with E-state index in [9.17, 15) is 9.59 Å². The summed E-state index contributed by atoms with van der Waals surface area (Å²) in [5.41, 5.74) is 1.64. The van der Waals surface area contributed by atoms with E-state index in [4.69, 9.17) is 23.8 Å². The van der Waals surface area contributed by atoms with E-state index in [2.05, 4.69) is 15.5 Å². The lowest BCUT2D eigenvalue weighted by atomic mass is 10.1. The Labute approximate surface area is 164 Å². The maximum atomic E-state index is 12.1. The Morgan fingerprint density at radius 1 is 1.23 bits per heavy atom. The average Bonchev–Trinajstić information content (AvgIpc) is 2.61. The normalized spacial score (nSPS) is 14.3. The largest absolute Gasteiger partial charge is 0.367 e. The van der Waals surface area contributed by atoms with Crippen LogP contribution in [0.25, 0.3) is 0 Å². The van der Waals surface area contributed by atoms with E-state index in [1.807, 2.05) is 30.9 Å². The smallest absolute Gasteiger partial charge is 0.225 e. The van der Waals surface area contributed by atoms with Crippen LogP contribution in [0.1, 0.15) is 27.2 Å². The minimum Gasteiger partial charge on any atom is -0.367 e. The minimum absolute atomic E-state index is 0.0209. The number of hydrogen-bond donors (Lipinski definition) is 2. The maximum Gasteiger partial charge on any atom is 0.225 e. The third kappa shape index (κ3) is 5.32. The molecule has 1 aliphatic heterocycles. The lowest BCUT2D eigenvalue weighted by Gasteiger charge is -2.37. The first-order valence-corrected chi connectivity index (χ1v) is 9.54. The molecule has 0 aromatic heterocycles. The molecule has 1 aromatic rings. The molecule has 0 aliphatic carbocycles. The summed E-state index contributed by atoms with van der Waals surface area (Å²) >= 11 is 11.5. The molecular weight excluding hydrogens is 372 g/mol. The number of thiocarbonyl (C=S) groups is 1. The van der Waals surface area contributed by atoms with Crippen molar-refractivity contribution in [3.63, 3.8) is 0 Å². The van der Waals surface area contributed by atoms with Gasteiger partial charge in [-0.1, -0.05) is 32.4 Å². The number of carbonyl (C=O) groups is 2. The van der Waals surface area contributed by atoms with Crippen molar-refractivity contribution >= 4 is 52.1 Å². The summed E-state index contributed by atoms with van der Waals surface area (Å²) in [6, 6.07) is 5.58. The van der Waals surface area contributed by atoms with Crippen LogP contribution in [0.15, 0.2) is 18.2 Å². The number of benzene rings is 1. The predicted molar refractivity (Wildman–Crippen MR) is 110 cm³/mol. The Bertz CT molecular complexity index is 688. The third-order valence-corrected chi connectivity index (χ3v) is 4.71. The van der Waals surface area contributed by atoms with Crippen LogP contribution in [0.4, 0.5) is 11.4 Å². The molecule has 2 rings (SSSR count). The van der Waals surface area contributed by atoms with Crippen LogP contribution in [0.5, 0.6) is 0 Å². The van der Waals surface area contributed by atoms with Gasteiger partial charge in [-0.25, -0.2) is 0 Å². The third-order valence-electron chi connectivity index (χ3n) is 4.21. The van der Waals surface area contributed by atoms with Gasteiger partial charge in [-0.3, -0.25) is 9.59 Å². The van der Waals surface area contributed by atoms with E-state index in [0.717, 1.165) is 18.8 Å². The van der Waals surface area contributed by atoms with Crippen LogP contribution in [-0.4, -0.2) is 48.0 Å². The zero-order valence-electron chi connectivity index (χ0n) is 15.3. The average molecular weight is 397 g/mol. The Morgan fingerprint density at radius 3 is 2.42 bits per heavy atom. The number of piperazine rings is 1. The summed E-state index contributed by atoms with van der Waals surface area (Å²) in [5.74, 6) is 0.0736. The fraction of sp³-hybridized carbons (Fsp3) is 0.500. The number of carbonyl (C=O) groups excluding carboxylic acids is 2. The van der Waals surface area contributed by atoms with Crippen LogP contribution < -0.4 is 15.5 Å². The van der Waals surface area contributed by atoms with Crippen LogP contribution in [-0.2, 0) is 9.59 Å². The van der Waals surface area contributed by atoms with E-state index in [1.165, 1.54) is 0 Å². The second kappa shape index (κ2) is 9.19. The summed E-state index contributed by atoms with van der Waals surface area (Å²) in [7, 11) is 0. The minimum atomic E-state index is -0.140. The Kier molecular flexibility index (Phi) is 7.23. The van der Waals surface area contributed by atoms with Gasteiger partial charge in [0.25, 0.3) is 0 Å². The topological polar surface area (TPSA) is 64.7 Å². The van der Waals surface area contributed by atoms with Gasteiger partial charge in [-0.05, 0) is 30.4 Å². The SMILES string of the molecule is CCC(=O)NC(=S)Nc1ccc(N2CCN(C(=O)C(C)C)CC2)c(Cl)c1. The molecule has 1 heterocycles. The second-order valence-electron chi connectivity index (χ2n) is 6.49. The molecule has 1 aliphatic rings. The van der Waals surface area contributed by atoms with Crippen molar-refractivity contribution in [2.45, 2.75) is 27.2 Å². The lowest BCUT2D eigenvalue weighted by Crippen LogP contribution is -2.50. The Hall–Kier alpha value is -1.86. The Morgan fingerprint density at radius 2 is 1.88 bits per heavy atom. The van der Waals surface area contributed by atoms with E-state index in [1.54, 1.807) is 13.0 Å². The molecule has 0 unspecified atom stereocenters. The van der Waals surface area contributed by atoms with Crippen LogP contribution in [0.2, 0.25) is 5.02 Å². The number of nitrogens with zero attached hydrogens (tertiary/aromatic N) is 2. The number of anilines is 2. The highest BCUT2D eigenvalue weighted by molar-refractivity contribution is 7.80. The van der Waals surface area contributed by atoms with Crippen molar-refractivity contribution in [1.82, 2.24) is 10.2 Å². The van der Waals surface area contributed by atoms with Crippen LogP contribution in [0.3, 0.4) is 0 Å². The first-order valence-electron chi connectivity index (χ1n) is 8.76. The monoisotopic (exact) mass is 396 g/mol. The molecule has 0 atom stereocenters. The van der Waals surface area contributed by atoms with E-state index in [0.29, 0.717) is 30.2 Å². The standard InChI is InChI=1S/C18H25ClN4O2S/c1-4-16(24)21-18(26)20-13-5-6-15(14(19)11-13)22-7-9-23(10-8-22)17(25)12(2)3/h5-6,11-12H,4,7-10H2,1-3H3,(H2,20,21,24,26). The highest BCUT2D eigenvalue weighted by Gasteiger charge is 2.23. The molecule has 0 saturated carbocycles. The first-order chi connectivity index (χ1) is 12.3. The highest BCUT2D eigenvalue weighted by Crippen LogP contribution is 2.29. The number of hydrogen-bond acceptors (Lipinski definition) is 4. The summed E-state index contributed by atoms with van der Waals surface area (Å²) in [4.78, 5) is 27.5. The van der Waals surface area contributed by atoms with Gasteiger partial charge in [0.1, 0.15) is 0 Å². The molecule has 0 bridgehead atoms. The molecule has 1 saturated heterocycles. The van der Waals surface area contributed by atoms with Gasteiger partial charge in [0, 0.05) is 44.2 Å². The van der Waals surface area contributed by atoms with Gasteiger partial charge < -0.3 is 20.4 Å². The van der Waals surface area contributed by atoms with Crippen molar-refractivity contribution in [1.29, 1.82) is 0 Å². The van der Waals surface area contributed by atoms with Crippen LogP contribution >= 0.6 is 23.8 Å². The fourth-order valence-corrected chi connectivity index (χ4v) is 3.28. The van der Waals surface area contributed by atoms with E-state index >= 15 is 0 Å². The summed E-state index contributed by atoms with van der Waals surface area (Å²) < 4.78 is 0. The molecule has 6 nitrogen and oxygen atoms in total. The van der Waals surface area contributed by atoms with Gasteiger partial charge in [0.15, 0.2) is 5.11 Å². The van der Waals surface area contributed by atoms with Crippen molar-refractivity contribution in [3.05, 3.63) is 23.2 Å². The zero-order chi connectivity index (χ0) is 19.3. The second-order valence-corrected chi connectivity index (χ2v) is 7.30. The number of rotatable bonds is 4. The molecule has 2 amide bonds. The molecule has 142 valence electrons. The molecule has 0 spiro atoms. The maximum absolute atomic E-state index is 12.1. The van der Waals surface area contributed by atoms with E-state index < -0.39 is 0 Å². The molecule has 8 heteroatoms. The molecule has 2 N–H and O–H groups in total. The van der Waals surface area contributed by atoms with Crippen molar-refractivity contribution < 1.29 is 9.59 Å². The highest BCUT2D eigenvalue weighted by atomic mass is 35.5. The Balaban J connectivity index is 1.97. The van der Waals surface area contributed by atoms with E-state index in [-0.39, 0.29) is 22.8 Å². The molecule has 0 radical (unpaired) electrons. The van der Waals surface area contributed by atoms with Gasteiger partial charge in [0.05, 0.1) is 10.7 Å². The van der Waals surface area contributed by atoms with Gasteiger partial charge in [0.2, 0.25) is 11.8 Å². The zero-order valence-corrected chi connectivity index (χ0v) is 16.9. The number of amides is 2. The molecule has 1 aromatic carbocycles. The van der Waals surface area contributed by atoms with Crippen molar-refractivity contribution in [3.8, 4) is 0 Å². The number of nitrogens with one attached hydrogen (secondary N) is 2. The van der Waals surface area contributed by atoms with Gasteiger partial charge >= 0.3 is 0 Å². The van der Waals surface area contributed by atoms with Crippen LogP contribution in [0, 0.1) is 5.92 Å². The summed E-state index contributed by atoms with van der Waals surface area (Å²) in [6.07, 6.45) is 0.368. The lowest BCUT2D eigenvalue weighted by molar-refractivity contribution is -0.134. The molecule has 1 fully saturated rings. The van der Waals surface area contributed by atoms with Crippen molar-refractivity contribution in [2.75, 3.05) is 36.4 Å². The quantitative estimate of drug-likeness (QED) is 0.766. The first kappa shape index (κ1) is 20.5. The fourth-order valence-electron chi connectivity index (χ4n) is 2.75. The summed E-state index contributed by atoms with van der Waals surface area (Å²) in [6.45, 7) is 8.49. The number of halogens is 1. The summed E-state index contributed by atoms with van der Waals surface area (Å²) in [5, 5.41) is 6.40. The molecule has 26 heavy (non-hydrogen) atoms.